The lowest BCUT2D eigenvalue weighted by atomic mass is 10.2. The number of oxime groups is 1. The Morgan fingerprint density at radius 2 is 2.39 bits per heavy atom. The van der Waals surface area contributed by atoms with E-state index in [1.165, 1.54) is 12.1 Å². The van der Waals surface area contributed by atoms with Crippen LogP contribution in [0.15, 0.2) is 21.8 Å². The third kappa shape index (κ3) is 2.56. The molecule has 18 heavy (non-hydrogen) atoms. The van der Waals surface area contributed by atoms with E-state index >= 15 is 0 Å². The van der Waals surface area contributed by atoms with E-state index < -0.39 is 5.82 Å². The van der Waals surface area contributed by atoms with E-state index in [0.29, 0.717) is 13.2 Å². The molecule has 1 unspecified atom stereocenters. The zero-order valence-electron chi connectivity index (χ0n) is 9.40. The van der Waals surface area contributed by atoms with E-state index in [4.69, 9.17) is 20.4 Å². The minimum Gasteiger partial charge on any atom is -0.485 e. The first-order valence-corrected chi connectivity index (χ1v) is 6.13. The van der Waals surface area contributed by atoms with Crippen molar-refractivity contribution in [3.05, 3.63) is 28.0 Å². The molecule has 1 saturated heterocycles. The number of ether oxygens (including phenoxy) is 2. The Hall–Kier alpha value is -1.34. The number of amidine groups is 1. The van der Waals surface area contributed by atoms with E-state index in [1.807, 2.05) is 0 Å². The topological polar surface area (TPSA) is 77.1 Å². The van der Waals surface area contributed by atoms with Crippen LogP contribution in [-0.2, 0) is 4.74 Å². The SMILES string of the molecule is N/C(=N/O)c1ccc(OC2CCOC2)c(F)c1Br. The Labute approximate surface area is 111 Å². The number of hydrogen-bond acceptors (Lipinski definition) is 4. The van der Waals surface area contributed by atoms with Gasteiger partial charge in [-0.05, 0) is 28.1 Å². The van der Waals surface area contributed by atoms with Gasteiger partial charge < -0.3 is 20.4 Å². The van der Waals surface area contributed by atoms with Crippen LogP contribution in [0.1, 0.15) is 12.0 Å². The second kappa shape index (κ2) is 5.53. The van der Waals surface area contributed by atoms with Crippen LogP contribution in [0.2, 0.25) is 0 Å². The van der Waals surface area contributed by atoms with Gasteiger partial charge in [0.05, 0.1) is 17.7 Å². The molecular weight excluding hydrogens is 307 g/mol. The zero-order chi connectivity index (χ0) is 13.1. The lowest BCUT2D eigenvalue weighted by Crippen LogP contribution is -2.18. The second-order valence-corrected chi connectivity index (χ2v) is 4.62. The normalized spacial score (nSPS) is 20.1. The van der Waals surface area contributed by atoms with Crippen LogP contribution in [0.3, 0.4) is 0 Å². The quantitative estimate of drug-likeness (QED) is 0.386. The number of halogens is 2. The predicted molar refractivity (Wildman–Crippen MR) is 66.5 cm³/mol. The zero-order valence-corrected chi connectivity index (χ0v) is 11.0. The van der Waals surface area contributed by atoms with Crippen molar-refractivity contribution < 1.29 is 19.1 Å². The summed E-state index contributed by atoms with van der Waals surface area (Å²) in [5.74, 6) is -0.630. The van der Waals surface area contributed by atoms with Crippen LogP contribution in [-0.4, -0.2) is 30.4 Å². The molecule has 5 nitrogen and oxygen atoms in total. The molecule has 1 aliphatic heterocycles. The third-order valence-electron chi connectivity index (χ3n) is 2.61. The minimum absolute atomic E-state index is 0.106. The Morgan fingerprint density at radius 1 is 1.61 bits per heavy atom. The maximum absolute atomic E-state index is 14.0. The van der Waals surface area contributed by atoms with Crippen molar-refractivity contribution in [1.82, 2.24) is 0 Å². The maximum atomic E-state index is 14.0. The van der Waals surface area contributed by atoms with E-state index in [9.17, 15) is 4.39 Å². The predicted octanol–water partition coefficient (Wildman–Crippen LogP) is 1.85. The Kier molecular flexibility index (Phi) is 4.03. The number of nitrogens with two attached hydrogens (primary N) is 1. The van der Waals surface area contributed by atoms with E-state index in [2.05, 4.69) is 21.1 Å². The van der Waals surface area contributed by atoms with Gasteiger partial charge in [0.2, 0.25) is 0 Å². The maximum Gasteiger partial charge on any atom is 0.179 e. The molecule has 0 aliphatic carbocycles. The molecule has 1 fully saturated rings. The fraction of sp³-hybridized carbons (Fsp3) is 0.364. The smallest absolute Gasteiger partial charge is 0.179 e. The molecule has 0 spiro atoms. The highest BCUT2D eigenvalue weighted by Crippen LogP contribution is 2.30. The summed E-state index contributed by atoms with van der Waals surface area (Å²) in [6, 6.07) is 2.97. The highest BCUT2D eigenvalue weighted by molar-refractivity contribution is 9.10. The van der Waals surface area contributed by atoms with E-state index in [-0.39, 0.29) is 27.7 Å². The van der Waals surface area contributed by atoms with Crippen LogP contribution in [0, 0.1) is 5.82 Å². The van der Waals surface area contributed by atoms with Gasteiger partial charge in [-0.3, -0.25) is 0 Å². The van der Waals surface area contributed by atoms with Crippen LogP contribution >= 0.6 is 15.9 Å². The summed E-state index contributed by atoms with van der Waals surface area (Å²) in [7, 11) is 0. The van der Waals surface area contributed by atoms with Crippen molar-refractivity contribution in [2.45, 2.75) is 12.5 Å². The molecule has 1 aromatic carbocycles. The highest BCUT2D eigenvalue weighted by atomic mass is 79.9. The summed E-state index contributed by atoms with van der Waals surface area (Å²) in [6.07, 6.45) is 0.597. The average molecular weight is 319 g/mol. The van der Waals surface area contributed by atoms with Gasteiger partial charge in [-0.15, -0.1) is 0 Å². The van der Waals surface area contributed by atoms with Crippen molar-refractivity contribution in [3.8, 4) is 5.75 Å². The fourth-order valence-corrected chi connectivity index (χ4v) is 2.19. The number of nitrogens with zero attached hydrogens (tertiary/aromatic N) is 1. The van der Waals surface area contributed by atoms with Crippen LogP contribution in [0.4, 0.5) is 4.39 Å². The molecular formula is C11H12BrFN2O3. The van der Waals surface area contributed by atoms with Crippen LogP contribution in [0.5, 0.6) is 5.75 Å². The standard InChI is InChI=1S/C11H12BrFN2O3/c12-9-7(11(14)15-16)1-2-8(10(9)13)18-6-3-4-17-5-6/h1-2,6,16H,3-5H2,(H2,14,15). The second-order valence-electron chi connectivity index (χ2n) is 3.83. The summed E-state index contributed by atoms with van der Waals surface area (Å²) in [4.78, 5) is 0. The number of benzene rings is 1. The molecule has 98 valence electrons. The molecule has 0 radical (unpaired) electrons. The van der Waals surface area contributed by atoms with Crippen LogP contribution < -0.4 is 10.5 Å². The molecule has 1 atom stereocenters. The Bertz CT molecular complexity index is 476. The molecule has 7 heteroatoms. The molecule has 0 aromatic heterocycles. The van der Waals surface area contributed by atoms with Gasteiger partial charge in [-0.1, -0.05) is 5.16 Å². The van der Waals surface area contributed by atoms with Gasteiger partial charge >= 0.3 is 0 Å². The molecule has 2 rings (SSSR count). The molecule has 1 aromatic rings. The summed E-state index contributed by atoms with van der Waals surface area (Å²) in [5.41, 5.74) is 5.69. The summed E-state index contributed by atoms with van der Waals surface area (Å²) < 4.78 is 24.7. The van der Waals surface area contributed by atoms with Crippen LogP contribution in [0.25, 0.3) is 0 Å². The van der Waals surface area contributed by atoms with E-state index in [1.54, 1.807) is 0 Å². The van der Waals surface area contributed by atoms with Crippen molar-refractivity contribution in [1.29, 1.82) is 0 Å². The highest BCUT2D eigenvalue weighted by Gasteiger charge is 2.21. The first kappa shape index (κ1) is 13.1. The first-order chi connectivity index (χ1) is 8.63. The molecule has 3 N–H and O–H groups in total. The largest absolute Gasteiger partial charge is 0.485 e. The molecule has 0 amide bonds. The lowest BCUT2D eigenvalue weighted by molar-refractivity contribution is 0.138. The minimum atomic E-state index is -0.578. The van der Waals surface area contributed by atoms with Crippen molar-refractivity contribution in [2.24, 2.45) is 10.9 Å². The molecule has 1 heterocycles. The van der Waals surface area contributed by atoms with Gasteiger partial charge in [0.15, 0.2) is 17.4 Å². The number of hydrogen-bond donors (Lipinski definition) is 2. The Balaban J connectivity index is 2.25. The Morgan fingerprint density at radius 3 is 3.00 bits per heavy atom. The fourth-order valence-electron chi connectivity index (χ4n) is 1.66. The number of rotatable bonds is 3. The summed E-state index contributed by atoms with van der Waals surface area (Å²) in [6.45, 7) is 1.08. The van der Waals surface area contributed by atoms with Gasteiger partial charge in [0, 0.05) is 12.0 Å². The van der Waals surface area contributed by atoms with Crippen molar-refractivity contribution >= 4 is 21.8 Å². The van der Waals surface area contributed by atoms with Crippen molar-refractivity contribution in [2.75, 3.05) is 13.2 Å². The molecule has 1 aliphatic rings. The van der Waals surface area contributed by atoms with Gasteiger partial charge in [0.25, 0.3) is 0 Å². The first-order valence-electron chi connectivity index (χ1n) is 5.33. The summed E-state index contributed by atoms with van der Waals surface area (Å²) in [5, 5.41) is 11.4. The van der Waals surface area contributed by atoms with E-state index in [0.717, 1.165) is 6.42 Å². The van der Waals surface area contributed by atoms with Gasteiger partial charge in [-0.2, -0.15) is 0 Å². The third-order valence-corrected chi connectivity index (χ3v) is 3.39. The van der Waals surface area contributed by atoms with Gasteiger partial charge in [-0.25, -0.2) is 4.39 Å². The average Bonchev–Trinajstić information content (AvgIpc) is 2.87. The molecule has 0 bridgehead atoms. The molecule has 0 saturated carbocycles. The monoisotopic (exact) mass is 318 g/mol. The lowest BCUT2D eigenvalue weighted by Gasteiger charge is -2.14. The van der Waals surface area contributed by atoms with Crippen molar-refractivity contribution in [3.63, 3.8) is 0 Å². The summed E-state index contributed by atoms with van der Waals surface area (Å²) >= 11 is 3.06. The van der Waals surface area contributed by atoms with Gasteiger partial charge in [0.1, 0.15) is 6.10 Å².